The molecular formula is C19H19ClN4O2S2. The van der Waals surface area contributed by atoms with Crippen molar-refractivity contribution in [1.82, 2.24) is 10.2 Å². The van der Waals surface area contributed by atoms with Crippen LogP contribution < -0.4 is 15.4 Å². The first-order chi connectivity index (χ1) is 13.5. The highest BCUT2D eigenvalue weighted by Crippen LogP contribution is 2.33. The second kappa shape index (κ2) is 9.27. The summed E-state index contributed by atoms with van der Waals surface area (Å²) in [5.74, 6) is 0.598. The predicted octanol–water partition coefficient (Wildman–Crippen LogP) is 5.37. The molecule has 0 saturated heterocycles. The second-order valence-corrected chi connectivity index (χ2v) is 8.91. The lowest BCUT2D eigenvalue weighted by atomic mass is 10.2. The van der Waals surface area contributed by atoms with Gasteiger partial charge in [0.2, 0.25) is 11.0 Å². The van der Waals surface area contributed by atoms with Crippen LogP contribution >= 0.6 is 34.7 Å². The van der Waals surface area contributed by atoms with Crippen LogP contribution in [-0.4, -0.2) is 28.5 Å². The topological polar surface area (TPSA) is 76.1 Å². The minimum Gasteiger partial charge on any atom is -0.495 e. The Balaban J connectivity index is 1.62. The quantitative estimate of drug-likeness (QED) is 0.487. The molecule has 0 aliphatic heterocycles. The van der Waals surface area contributed by atoms with Crippen molar-refractivity contribution in [2.45, 2.75) is 23.4 Å². The van der Waals surface area contributed by atoms with Crippen molar-refractivity contribution in [3.63, 3.8) is 0 Å². The molecule has 0 radical (unpaired) electrons. The standard InChI is InChI=1S/C19H19ClN4O2S2/c1-11-8-9-13(20)10-15(11)21-17(25)12(2)27-19-24-23-18(28-19)22-14-6-4-5-7-16(14)26-3/h4-10,12H,1-3H3,(H,21,25)(H,22,23). The highest BCUT2D eigenvalue weighted by atomic mass is 35.5. The number of thioether (sulfide) groups is 1. The first-order valence-electron chi connectivity index (χ1n) is 8.43. The zero-order valence-electron chi connectivity index (χ0n) is 15.5. The van der Waals surface area contributed by atoms with E-state index in [4.69, 9.17) is 16.3 Å². The zero-order valence-corrected chi connectivity index (χ0v) is 17.9. The molecule has 0 aliphatic carbocycles. The van der Waals surface area contributed by atoms with Gasteiger partial charge in [0.25, 0.3) is 0 Å². The molecule has 1 aromatic heterocycles. The summed E-state index contributed by atoms with van der Waals surface area (Å²) in [4.78, 5) is 12.5. The smallest absolute Gasteiger partial charge is 0.237 e. The number of aromatic nitrogens is 2. The number of rotatable bonds is 7. The summed E-state index contributed by atoms with van der Waals surface area (Å²) >= 11 is 8.74. The minimum atomic E-state index is -0.342. The number of anilines is 3. The van der Waals surface area contributed by atoms with Gasteiger partial charge < -0.3 is 15.4 Å². The Labute approximate surface area is 176 Å². The summed E-state index contributed by atoms with van der Waals surface area (Å²) in [6.07, 6.45) is 0. The van der Waals surface area contributed by atoms with Gasteiger partial charge in [-0.1, -0.05) is 52.9 Å². The lowest BCUT2D eigenvalue weighted by Gasteiger charge is -2.12. The Bertz CT molecular complexity index is 980. The minimum absolute atomic E-state index is 0.121. The molecule has 1 amide bonds. The van der Waals surface area contributed by atoms with Gasteiger partial charge in [-0.2, -0.15) is 0 Å². The van der Waals surface area contributed by atoms with Gasteiger partial charge in [0.05, 0.1) is 18.0 Å². The van der Waals surface area contributed by atoms with Gasteiger partial charge in [-0.15, -0.1) is 10.2 Å². The van der Waals surface area contributed by atoms with E-state index in [1.165, 1.54) is 23.1 Å². The molecule has 28 heavy (non-hydrogen) atoms. The van der Waals surface area contributed by atoms with Crippen molar-refractivity contribution in [3.8, 4) is 5.75 Å². The summed E-state index contributed by atoms with van der Waals surface area (Å²) in [5, 5.41) is 15.3. The van der Waals surface area contributed by atoms with E-state index >= 15 is 0 Å². The Morgan fingerprint density at radius 1 is 1.21 bits per heavy atom. The second-order valence-electron chi connectivity index (χ2n) is 5.91. The first kappa shape index (κ1) is 20.4. The number of carbonyl (C=O) groups is 1. The molecule has 2 aromatic carbocycles. The van der Waals surface area contributed by atoms with Crippen molar-refractivity contribution in [1.29, 1.82) is 0 Å². The van der Waals surface area contributed by atoms with Crippen molar-refractivity contribution in [2.75, 3.05) is 17.7 Å². The van der Waals surface area contributed by atoms with Gasteiger partial charge in [-0.3, -0.25) is 4.79 Å². The highest BCUT2D eigenvalue weighted by Gasteiger charge is 2.18. The Kier molecular flexibility index (Phi) is 6.77. The highest BCUT2D eigenvalue weighted by molar-refractivity contribution is 8.02. The van der Waals surface area contributed by atoms with Crippen LogP contribution in [0.25, 0.3) is 0 Å². The maximum absolute atomic E-state index is 12.5. The van der Waals surface area contributed by atoms with Gasteiger partial charge in [0.1, 0.15) is 5.75 Å². The normalized spacial score (nSPS) is 11.7. The third kappa shape index (κ3) is 5.15. The molecular weight excluding hydrogens is 416 g/mol. The molecule has 9 heteroatoms. The molecule has 3 aromatic rings. The molecule has 0 bridgehead atoms. The Morgan fingerprint density at radius 2 is 2.00 bits per heavy atom. The number of amides is 1. The number of carbonyl (C=O) groups excluding carboxylic acids is 1. The van der Waals surface area contributed by atoms with Crippen molar-refractivity contribution < 1.29 is 9.53 Å². The fourth-order valence-corrected chi connectivity index (χ4v) is 4.42. The van der Waals surface area contributed by atoms with Crippen molar-refractivity contribution in [2.24, 2.45) is 0 Å². The van der Waals surface area contributed by atoms with E-state index < -0.39 is 0 Å². The predicted molar refractivity (Wildman–Crippen MR) is 116 cm³/mol. The molecule has 0 aliphatic rings. The third-order valence-corrected chi connectivity index (χ3v) is 6.12. The molecule has 0 fully saturated rings. The monoisotopic (exact) mass is 434 g/mol. The van der Waals surface area contributed by atoms with E-state index in [2.05, 4.69) is 20.8 Å². The molecule has 1 atom stereocenters. The fourth-order valence-electron chi connectivity index (χ4n) is 2.34. The zero-order chi connectivity index (χ0) is 20.1. The Hall–Kier alpha value is -2.29. The molecule has 0 spiro atoms. The molecule has 0 saturated carbocycles. The van der Waals surface area contributed by atoms with Crippen LogP contribution in [0.1, 0.15) is 12.5 Å². The summed E-state index contributed by atoms with van der Waals surface area (Å²) in [6, 6.07) is 13.0. The number of hydrogen-bond donors (Lipinski definition) is 2. The number of aryl methyl sites for hydroxylation is 1. The van der Waals surface area contributed by atoms with Gasteiger partial charge in [0.15, 0.2) is 4.34 Å². The van der Waals surface area contributed by atoms with E-state index in [1.807, 2.05) is 44.2 Å². The van der Waals surface area contributed by atoms with Gasteiger partial charge in [-0.25, -0.2) is 0 Å². The lowest BCUT2D eigenvalue weighted by Crippen LogP contribution is -2.22. The van der Waals surface area contributed by atoms with Crippen LogP contribution in [0, 0.1) is 6.92 Å². The van der Waals surface area contributed by atoms with Crippen molar-refractivity contribution in [3.05, 3.63) is 53.1 Å². The number of halogens is 1. The molecule has 146 valence electrons. The maximum Gasteiger partial charge on any atom is 0.237 e. The summed E-state index contributed by atoms with van der Waals surface area (Å²) < 4.78 is 6.02. The van der Waals surface area contributed by atoms with Gasteiger partial charge >= 0.3 is 0 Å². The van der Waals surface area contributed by atoms with Crippen LogP contribution in [0.3, 0.4) is 0 Å². The van der Waals surface area contributed by atoms with E-state index in [1.54, 1.807) is 19.2 Å². The molecule has 3 rings (SSSR count). The molecule has 1 unspecified atom stereocenters. The summed E-state index contributed by atoms with van der Waals surface area (Å²) in [5.41, 5.74) is 2.47. The third-order valence-electron chi connectivity index (χ3n) is 3.86. The molecule has 2 N–H and O–H groups in total. The van der Waals surface area contributed by atoms with Crippen LogP contribution in [-0.2, 0) is 4.79 Å². The van der Waals surface area contributed by atoms with Crippen LogP contribution in [0.4, 0.5) is 16.5 Å². The Morgan fingerprint density at radius 3 is 2.79 bits per heavy atom. The van der Waals surface area contributed by atoms with Crippen LogP contribution in [0.15, 0.2) is 46.8 Å². The van der Waals surface area contributed by atoms with Crippen LogP contribution in [0.5, 0.6) is 5.75 Å². The fraction of sp³-hybridized carbons (Fsp3) is 0.211. The van der Waals surface area contributed by atoms with E-state index in [9.17, 15) is 4.79 Å². The largest absolute Gasteiger partial charge is 0.495 e. The van der Waals surface area contributed by atoms with E-state index in [0.717, 1.165) is 17.0 Å². The van der Waals surface area contributed by atoms with Crippen molar-refractivity contribution >= 4 is 57.1 Å². The first-order valence-corrected chi connectivity index (χ1v) is 10.5. The number of para-hydroxylation sites is 2. The number of ether oxygens (including phenoxy) is 1. The number of hydrogen-bond acceptors (Lipinski definition) is 7. The van der Waals surface area contributed by atoms with Gasteiger partial charge in [0, 0.05) is 10.7 Å². The average Bonchev–Trinajstić information content (AvgIpc) is 3.11. The number of methoxy groups -OCH3 is 1. The lowest BCUT2D eigenvalue weighted by molar-refractivity contribution is -0.115. The van der Waals surface area contributed by atoms with E-state index in [-0.39, 0.29) is 11.2 Å². The number of benzene rings is 2. The maximum atomic E-state index is 12.5. The van der Waals surface area contributed by atoms with Gasteiger partial charge in [-0.05, 0) is 43.7 Å². The number of nitrogens with one attached hydrogen (secondary N) is 2. The SMILES string of the molecule is COc1ccccc1Nc1nnc(SC(C)C(=O)Nc2cc(Cl)ccc2C)s1. The summed E-state index contributed by atoms with van der Waals surface area (Å²) in [6.45, 7) is 3.75. The molecule has 1 heterocycles. The summed E-state index contributed by atoms with van der Waals surface area (Å²) in [7, 11) is 1.61. The number of nitrogens with zero attached hydrogens (tertiary/aromatic N) is 2. The van der Waals surface area contributed by atoms with E-state index in [0.29, 0.717) is 20.2 Å². The van der Waals surface area contributed by atoms with Crippen LogP contribution in [0.2, 0.25) is 5.02 Å². The molecule has 6 nitrogen and oxygen atoms in total. The average molecular weight is 435 g/mol.